The Morgan fingerprint density at radius 3 is 2.67 bits per heavy atom. The lowest BCUT2D eigenvalue weighted by molar-refractivity contribution is 0.435. The molecule has 1 aliphatic rings. The Labute approximate surface area is 129 Å². The molecule has 1 aromatic heterocycles. The molecule has 1 N–H and O–H groups in total. The third kappa shape index (κ3) is 5.27. The molecule has 0 aromatic carbocycles. The van der Waals surface area contributed by atoms with Gasteiger partial charge in [-0.1, -0.05) is 33.6 Å². The van der Waals surface area contributed by atoms with Crippen molar-refractivity contribution >= 4 is 5.95 Å². The molecule has 21 heavy (non-hydrogen) atoms. The molecule has 1 atom stereocenters. The van der Waals surface area contributed by atoms with Gasteiger partial charge < -0.3 is 10.2 Å². The van der Waals surface area contributed by atoms with E-state index in [1.807, 2.05) is 12.4 Å². The van der Waals surface area contributed by atoms with Gasteiger partial charge in [-0.05, 0) is 25.2 Å². The second kappa shape index (κ2) is 8.32. The maximum absolute atomic E-state index is 4.57. The van der Waals surface area contributed by atoms with Crippen molar-refractivity contribution in [3.05, 3.63) is 18.0 Å². The van der Waals surface area contributed by atoms with E-state index in [0.717, 1.165) is 37.1 Å². The average molecular weight is 290 g/mol. The lowest BCUT2D eigenvalue weighted by Crippen LogP contribution is -2.26. The standard InChI is InChI=1S/C17H30N4/c1-4-6-15-7-5-9-21(10-8-15)17-19-12-16(13-20-17)11-18-14(2)3/h12-15,18H,4-11H2,1-3H3. The van der Waals surface area contributed by atoms with Crippen molar-refractivity contribution in [3.8, 4) is 0 Å². The van der Waals surface area contributed by atoms with Crippen molar-refractivity contribution in [2.75, 3.05) is 18.0 Å². The Balaban J connectivity index is 1.89. The molecule has 1 unspecified atom stereocenters. The fraction of sp³-hybridized carbons (Fsp3) is 0.765. The van der Waals surface area contributed by atoms with Crippen LogP contribution in [0.3, 0.4) is 0 Å². The summed E-state index contributed by atoms with van der Waals surface area (Å²) in [6, 6.07) is 0.491. The van der Waals surface area contributed by atoms with Gasteiger partial charge in [-0.3, -0.25) is 0 Å². The van der Waals surface area contributed by atoms with Gasteiger partial charge in [0.2, 0.25) is 5.95 Å². The van der Waals surface area contributed by atoms with Gasteiger partial charge in [-0.2, -0.15) is 0 Å². The van der Waals surface area contributed by atoms with E-state index >= 15 is 0 Å². The smallest absolute Gasteiger partial charge is 0.225 e. The molecule has 0 saturated carbocycles. The number of nitrogens with zero attached hydrogens (tertiary/aromatic N) is 3. The monoisotopic (exact) mass is 290 g/mol. The van der Waals surface area contributed by atoms with E-state index in [1.165, 1.54) is 32.1 Å². The van der Waals surface area contributed by atoms with Crippen LogP contribution in [0.15, 0.2) is 12.4 Å². The Bertz CT molecular complexity index is 402. The summed E-state index contributed by atoms with van der Waals surface area (Å²) in [5, 5.41) is 3.40. The number of nitrogens with one attached hydrogen (secondary N) is 1. The summed E-state index contributed by atoms with van der Waals surface area (Å²) in [7, 11) is 0. The molecule has 2 rings (SSSR count). The molecule has 1 aliphatic heterocycles. The van der Waals surface area contributed by atoms with Crippen molar-refractivity contribution in [2.24, 2.45) is 5.92 Å². The van der Waals surface area contributed by atoms with E-state index in [0.29, 0.717) is 6.04 Å². The van der Waals surface area contributed by atoms with Crippen molar-refractivity contribution in [2.45, 2.75) is 65.5 Å². The molecule has 0 amide bonds. The zero-order valence-electron chi connectivity index (χ0n) is 13.8. The lowest BCUT2D eigenvalue weighted by Gasteiger charge is -2.20. The van der Waals surface area contributed by atoms with Gasteiger partial charge in [0.1, 0.15) is 0 Å². The first-order valence-corrected chi connectivity index (χ1v) is 8.48. The van der Waals surface area contributed by atoms with Crippen molar-refractivity contribution < 1.29 is 0 Å². The highest BCUT2D eigenvalue weighted by molar-refractivity contribution is 5.30. The minimum absolute atomic E-state index is 0.491. The summed E-state index contributed by atoms with van der Waals surface area (Å²) < 4.78 is 0. The van der Waals surface area contributed by atoms with Gasteiger partial charge >= 0.3 is 0 Å². The highest BCUT2D eigenvalue weighted by Gasteiger charge is 2.18. The maximum Gasteiger partial charge on any atom is 0.225 e. The molecule has 0 bridgehead atoms. The van der Waals surface area contributed by atoms with E-state index in [2.05, 4.69) is 41.0 Å². The molecular weight excluding hydrogens is 260 g/mol. The van der Waals surface area contributed by atoms with Gasteiger partial charge in [0, 0.05) is 43.6 Å². The zero-order chi connectivity index (χ0) is 15.1. The van der Waals surface area contributed by atoms with Crippen molar-refractivity contribution in [3.63, 3.8) is 0 Å². The van der Waals surface area contributed by atoms with Crippen LogP contribution in [0.5, 0.6) is 0 Å². The van der Waals surface area contributed by atoms with Crippen molar-refractivity contribution in [1.82, 2.24) is 15.3 Å². The Hall–Kier alpha value is -1.16. The molecule has 118 valence electrons. The van der Waals surface area contributed by atoms with E-state index in [4.69, 9.17) is 0 Å². The summed E-state index contributed by atoms with van der Waals surface area (Å²) in [5.41, 5.74) is 1.16. The first kappa shape index (κ1) is 16.2. The van der Waals surface area contributed by atoms with Gasteiger partial charge in [0.25, 0.3) is 0 Å². The van der Waals surface area contributed by atoms with Crippen LogP contribution in [0, 0.1) is 5.92 Å². The van der Waals surface area contributed by atoms with Crippen molar-refractivity contribution in [1.29, 1.82) is 0 Å². The second-order valence-corrected chi connectivity index (χ2v) is 6.50. The van der Waals surface area contributed by atoms with Gasteiger partial charge in [0.15, 0.2) is 0 Å². The average Bonchev–Trinajstić information content (AvgIpc) is 2.72. The topological polar surface area (TPSA) is 41.1 Å². The van der Waals surface area contributed by atoms with Crippen LogP contribution in [-0.2, 0) is 6.54 Å². The SMILES string of the molecule is CCCC1CCCN(c2ncc(CNC(C)C)cn2)CC1. The number of rotatable bonds is 6. The van der Waals surface area contributed by atoms with Crippen LogP contribution in [0.2, 0.25) is 0 Å². The van der Waals surface area contributed by atoms with E-state index in [-0.39, 0.29) is 0 Å². The Kier molecular flexibility index (Phi) is 6.43. The quantitative estimate of drug-likeness (QED) is 0.872. The largest absolute Gasteiger partial charge is 0.341 e. The van der Waals surface area contributed by atoms with Crippen LogP contribution in [0.4, 0.5) is 5.95 Å². The van der Waals surface area contributed by atoms with Gasteiger partial charge in [-0.15, -0.1) is 0 Å². The first-order valence-electron chi connectivity index (χ1n) is 8.48. The van der Waals surface area contributed by atoms with Gasteiger partial charge in [0.05, 0.1) is 0 Å². The maximum atomic E-state index is 4.57. The lowest BCUT2D eigenvalue weighted by atomic mass is 9.96. The summed E-state index contributed by atoms with van der Waals surface area (Å²) >= 11 is 0. The van der Waals surface area contributed by atoms with Crippen LogP contribution in [0.25, 0.3) is 0 Å². The third-order valence-corrected chi connectivity index (χ3v) is 4.23. The molecule has 4 heteroatoms. The zero-order valence-corrected chi connectivity index (χ0v) is 13.8. The highest BCUT2D eigenvalue weighted by atomic mass is 15.2. The Morgan fingerprint density at radius 2 is 2.00 bits per heavy atom. The Morgan fingerprint density at radius 1 is 1.24 bits per heavy atom. The third-order valence-electron chi connectivity index (χ3n) is 4.23. The summed E-state index contributed by atoms with van der Waals surface area (Å²) in [5.74, 6) is 1.80. The number of aromatic nitrogens is 2. The molecule has 4 nitrogen and oxygen atoms in total. The second-order valence-electron chi connectivity index (χ2n) is 6.50. The van der Waals surface area contributed by atoms with E-state index in [9.17, 15) is 0 Å². The minimum atomic E-state index is 0.491. The molecule has 0 aliphatic carbocycles. The molecule has 1 fully saturated rings. The number of hydrogen-bond donors (Lipinski definition) is 1. The summed E-state index contributed by atoms with van der Waals surface area (Å²) in [4.78, 5) is 11.5. The number of anilines is 1. The van der Waals surface area contributed by atoms with Gasteiger partial charge in [-0.25, -0.2) is 9.97 Å². The molecule has 0 spiro atoms. The van der Waals surface area contributed by atoms with E-state index in [1.54, 1.807) is 0 Å². The summed E-state index contributed by atoms with van der Waals surface area (Å²) in [6.07, 6.45) is 10.5. The predicted molar refractivity (Wildman–Crippen MR) is 88.5 cm³/mol. The molecular formula is C17H30N4. The molecule has 0 radical (unpaired) electrons. The molecule has 1 saturated heterocycles. The fourth-order valence-corrected chi connectivity index (χ4v) is 2.99. The van der Waals surface area contributed by atoms with Crippen LogP contribution in [-0.4, -0.2) is 29.1 Å². The summed E-state index contributed by atoms with van der Waals surface area (Å²) in [6.45, 7) is 9.64. The highest BCUT2D eigenvalue weighted by Crippen LogP contribution is 2.23. The minimum Gasteiger partial charge on any atom is -0.341 e. The van der Waals surface area contributed by atoms with Crippen LogP contribution in [0.1, 0.15) is 58.4 Å². The number of hydrogen-bond acceptors (Lipinski definition) is 4. The molecule has 2 heterocycles. The first-order chi connectivity index (χ1) is 10.2. The van der Waals surface area contributed by atoms with Crippen LogP contribution >= 0.6 is 0 Å². The fourth-order valence-electron chi connectivity index (χ4n) is 2.99. The normalized spacial score (nSPS) is 19.8. The van der Waals surface area contributed by atoms with Crippen LogP contribution < -0.4 is 10.2 Å². The predicted octanol–water partition coefficient (Wildman–Crippen LogP) is 3.38. The molecule has 1 aromatic rings. The van der Waals surface area contributed by atoms with E-state index < -0.39 is 0 Å².